The molecule has 1 aromatic carbocycles. The Morgan fingerprint density at radius 1 is 0.867 bits per heavy atom. The molecule has 8 nitrogen and oxygen atoms in total. The van der Waals surface area contributed by atoms with Crippen LogP contribution in [0.5, 0.6) is 0 Å². The Morgan fingerprint density at radius 2 is 1.13 bits per heavy atom. The number of nitrogens with zero attached hydrogens (tertiary/aromatic N) is 4. The van der Waals surface area contributed by atoms with Crippen molar-refractivity contribution in [2.45, 2.75) is 0 Å². The van der Waals surface area contributed by atoms with Gasteiger partial charge in [-0.05, 0) is 9.72 Å². The molecule has 15 heavy (non-hydrogen) atoms. The summed E-state index contributed by atoms with van der Waals surface area (Å²) in [5, 5.41) is 42.4. The quantitative estimate of drug-likeness (QED) is 0.278. The minimum Gasteiger partial charge on any atom is -0.592 e. The summed E-state index contributed by atoms with van der Waals surface area (Å²) in [5.41, 5.74) is 0.0881. The predicted octanol–water partition coefficient (Wildman–Crippen LogP) is -1.34. The van der Waals surface area contributed by atoms with E-state index < -0.39 is 0 Å². The second-order valence-electron chi connectivity index (χ2n) is 2.24. The molecule has 0 bridgehead atoms. The summed E-state index contributed by atoms with van der Waals surface area (Å²) in [6.07, 6.45) is 0. The summed E-state index contributed by atoms with van der Waals surface area (Å²) in [4.78, 5) is -0.0655. The first-order valence-electron chi connectivity index (χ1n) is 3.43. The van der Waals surface area contributed by atoms with Crippen LogP contribution < -0.4 is 29.6 Å². The molecule has 2 N–H and O–H groups in total. The van der Waals surface area contributed by atoms with Gasteiger partial charge in [0.25, 0.3) is 0 Å². The third-order valence-electron chi connectivity index (χ3n) is 1.45. The summed E-state index contributed by atoms with van der Waals surface area (Å²) < 4.78 is 0. The second-order valence-corrected chi connectivity index (χ2v) is 2.24. The first-order chi connectivity index (χ1) is 6.69. The minimum absolute atomic E-state index is 0. The Kier molecular flexibility index (Phi) is 5.60. The Labute approximate surface area is 106 Å². The first-order valence-corrected chi connectivity index (χ1v) is 3.43. The van der Waals surface area contributed by atoms with Crippen LogP contribution in [0.25, 0.3) is 0 Å². The van der Waals surface area contributed by atoms with Gasteiger partial charge < -0.3 is 20.8 Å². The average Bonchev–Trinajstić information content (AvgIpc) is 2.27. The molecule has 0 heterocycles. The second kappa shape index (κ2) is 6.17. The summed E-state index contributed by atoms with van der Waals surface area (Å²) in [5.74, 6) is 0. The fourth-order valence-electron chi connectivity index (χ4n) is 0.811. The van der Waals surface area contributed by atoms with Crippen molar-refractivity contribution >= 4 is 11.4 Å². The third-order valence-corrected chi connectivity index (χ3v) is 1.45. The Morgan fingerprint density at radius 3 is 1.33 bits per heavy atom. The van der Waals surface area contributed by atoms with E-state index >= 15 is 0 Å². The zero-order valence-corrected chi connectivity index (χ0v) is 9.81. The maximum atomic E-state index is 10.7. The molecular formula is C6H6N4NaO4+. The van der Waals surface area contributed by atoms with E-state index in [9.17, 15) is 10.4 Å². The van der Waals surface area contributed by atoms with E-state index in [0.29, 0.717) is 0 Å². The maximum absolute atomic E-state index is 10.7. The molecule has 74 valence electrons. The monoisotopic (exact) mass is 221 g/mol. The van der Waals surface area contributed by atoms with Crippen molar-refractivity contribution in [3.63, 3.8) is 0 Å². The number of rotatable bonds is 2. The molecule has 0 saturated heterocycles. The van der Waals surface area contributed by atoms with Crippen molar-refractivity contribution in [2.24, 2.45) is 10.6 Å². The Bertz CT molecular complexity index is 340. The van der Waals surface area contributed by atoms with Crippen LogP contribution in [-0.4, -0.2) is 20.1 Å². The van der Waals surface area contributed by atoms with E-state index in [1.165, 1.54) is 24.3 Å². The van der Waals surface area contributed by atoms with Gasteiger partial charge in [0.1, 0.15) is 0 Å². The SMILES string of the molecule is [Na+].[O-]/[N+](=N\O)c1ccc(/[N+]([O-])=N/O)cc1. The smallest absolute Gasteiger partial charge is 0.592 e. The van der Waals surface area contributed by atoms with Gasteiger partial charge in [-0.1, -0.05) is 0 Å². The third kappa shape index (κ3) is 3.35. The first kappa shape index (κ1) is 13.6. The molecule has 0 aliphatic carbocycles. The van der Waals surface area contributed by atoms with Crippen LogP contribution in [0.4, 0.5) is 11.4 Å². The molecule has 0 amide bonds. The van der Waals surface area contributed by atoms with E-state index in [2.05, 4.69) is 10.6 Å². The van der Waals surface area contributed by atoms with Crippen molar-refractivity contribution in [1.29, 1.82) is 0 Å². The maximum Gasteiger partial charge on any atom is 1.00 e. The molecule has 1 rings (SSSR count). The van der Waals surface area contributed by atoms with Gasteiger partial charge in [0.05, 0.1) is 0 Å². The van der Waals surface area contributed by atoms with Gasteiger partial charge >= 0.3 is 29.6 Å². The van der Waals surface area contributed by atoms with Gasteiger partial charge in [-0.3, -0.25) is 0 Å². The Hall–Kier alpha value is -1.38. The van der Waals surface area contributed by atoms with Crippen LogP contribution in [0.3, 0.4) is 0 Å². The summed E-state index contributed by atoms with van der Waals surface area (Å²) in [6.45, 7) is 0. The fourth-order valence-corrected chi connectivity index (χ4v) is 0.811. The van der Waals surface area contributed by atoms with Gasteiger partial charge in [-0.15, -0.1) is 0 Å². The van der Waals surface area contributed by atoms with Crippen molar-refractivity contribution in [2.75, 3.05) is 0 Å². The van der Waals surface area contributed by atoms with Gasteiger partial charge in [0.2, 0.25) is 21.9 Å². The molecule has 0 radical (unpaired) electrons. The topological polar surface area (TPSA) is 117 Å². The summed E-state index contributed by atoms with van der Waals surface area (Å²) in [6, 6.07) is 4.94. The van der Waals surface area contributed by atoms with Crippen LogP contribution in [0.2, 0.25) is 0 Å². The van der Waals surface area contributed by atoms with Gasteiger partial charge in [-0.25, -0.2) is 0 Å². The van der Waals surface area contributed by atoms with Crippen LogP contribution in [-0.2, 0) is 0 Å². The van der Waals surface area contributed by atoms with E-state index in [1.807, 2.05) is 0 Å². The average molecular weight is 221 g/mol. The van der Waals surface area contributed by atoms with Crippen molar-refractivity contribution in [1.82, 2.24) is 0 Å². The molecule has 1 aromatic rings. The molecule has 0 fully saturated rings. The molecule has 0 aliphatic heterocycles. The van der Waals surface area contributed by atoms with Gasteiger partial charge in [0.15, 0.2) is 0 Å². The number of hydrogen-bond donors (Lipinski definition) is 2. The van der Waals surface area contributed by atoms with Gasteiger partial charge in [-0.2, -0.15) is 0 Å². The molecular weight excluding hydrogens is 215 g/mol. The van der Waals surface area contributed by atoms with E-state index in [-0.39, 0.29) is 50.7 Å². The van der Waals surface area contributed by atoms with Crippen molar-refractivity contribution in [3.8, 4) is 0 Å². The number of benzene rings is 1. The molecule has 0 aromatic heterocycles. The van der Waals surface area contributed by atoms with Crippen LogP contribution in [0, 0.1) is 10.4 Å². The van der Waals surface area contributed by atoms with Gasteiger partial charge in [0, 0.05) is 24.3 Å². The zero-order valence-electron chi connectivity index (χ0n) is 7.81. The molecule has 0 spiro atoms. The molecule has 9 heteroatoms. The van der Waals surface area contributed by atoms with E-state index in [1.54, 1.807) is 0 Å². The summed E-state index contributed by atoms with van der Waals surface area (Å²) in [7, 11) is 0. The van der Waals surface area contributed by atoms with Crippen molar-refractivity contribution in [3.05, 3.63) is 34.7 Å². The van der Waals surface area contributed by atoms with Crippen LogP contribution >= 0.6 is 0 Å². The Balaban J connectivity index is 0.00000196. The molecule has 0 atom stereocenters. The van der Waals surface area contributed by atoms with E-state index in [4.69, 9.17) is 10.4 Å². The fraction of sp³-hybridized carbons (Fsp3) is 0. The zero-order chi connectivity index (χ0) is 10.6. The summed E-state index contributed by atoms with van der Waals surface area (Å²) >= 11 is 0. The van der Waals surface area contributed by atoms with Crippen LogP contribution in [0.15, 0.2) is 34.8 Å². The molecule has 0 unspecified atom stereocenters. The van der Waals surface area contributed by atoms with Crippen molar-refractivity contribution < 1.29 is 49.7 Å². The molecule has 0 saturated carbocycles. The minimum atomic E-state index is -0.0327. The normalized spacial score (nSPS) is 12.0. The van der Waals surface area contributed by atoms with Crippen LogP contribution in [0.1, 0.15) is 0 Å². The standard InChI is InChI=1S/C6H6N4O4.Na/c11-7-9(13)5-1-2-6(4-3-5)10(14)8-12;/h1-4,11-12H;/q;+1/b9-7-,10-8-;. The molecule has 0 aliphatic rings. The van der Waals surface area contributed by atoms with E-state index in [0.717, 1.165) is 0 Å². The number of hydrogen-bond acceptors (Lipinski definition) is 4. The largest absolute Gasteiger partial charge is 1.00 e. The predicted molar refractivity (Wildman–Crippen MR) is 41.4 cm³/mol.